The molecule has 0 unspecified atom stereocenters. The van der Waals surface area contributed by atoms with Crippen LogP contribution in [-0.4, -0.2) is 50.6 Å². The maximum absolute atomic E-state index is 13.4. The van der Waals surface area contributed by atoms with Crippen LogP contribution >= 0.6 is 0 Å². The Bertz CT molecular complexity index is 2480. The molecule has 4 amide bonds. The summed E-state index contributed by atoms with van der Waals surface area (Å²) in [5.41, 5.74) is -11.8. The Hall–Kier alpha value is -6.06. The Balaban J connectivity index is 1.30. The summed E-state index contributed by atoms with van der Waals surface area (Å²) >= 11 is 0. The van der Waals surface area contributed by atoms with Crippen molar-refractivity contribution in [3.05, 3.63) is 117 Å². The molecule has 2 heterocycles. The van der Waals surface area contributed by atoms with Gasteiger partial charge in [-0.15, -0.1) is 18.7 Å². The van der Waals surface area contributed by atoms with Crippen LogP contribution in [0.25, 0.3) is 0 Å². The van der Waals surface area contributed by atoms with Gasteiger partial charge in [-0.2, -0.15) is 69.5 Å². The van der Waals surface area contributed by atoms with Crippen molar-refractivity contribution >= 4 is 43.9 Å². The lowest BCUT2D eigenvalue weighted by atomic mass is 10.1. The first-order valence-electron chi connectivity index (χ1n) is 15.1. The number of carbonyl (C=O) groups excluding carboxylic acids is 4. The fourth-order valence-electron chi connectivity index (χ4n) is 5.31. The third-order valence-corrected chi connectivity index (χ3v) is 10.3. The first-order valence-corrected chi connectivity index (χ1v) is 17.9. The Morgan fingerprint density at radius 1 is 0.424 bits per heavy atom. The van der Waals surface area contributed by atoms with Crippen molar-refractivity contribution in [1.82, 2.24) is 10.1 Å². The standard InChI is InChI=1S/C32H12F12N2O11S2/c33-29(34,35)13-7-14(30(36,37)38)10-17(9-13)58(51,52)56-45-25(47)19-3-1-5-21(23(19)27(45)49)55-22-6-2-4-20-24(22)28(50)46(26(20)48)57-59(53,54)18-11-15(31(39,40)41)8-16(12-18)32(42,43)44/h1-12H. The molecule has 13 nitrogen and oxygen atoms in total. The molecule has 0 radical (unpaired) electrons. The fourth-order valence-corrected chi connectivity index (χ4v) is 7.23. The topological polar surface area (TPSA) is 171 Å². The van der Waals surface area contributed by atoms with Crippen molar-refractivity contribution in [3.63, 3.8) is 0 Å². The molecule has 0 atom stereocenters. The Kier molecular flexibility index (Phi) is 9.93. The van der Waals surface area contributed by atoms with Gasteiger partial charge < -0.3 is 4.74 Å². The zero-order chi connectivity index (χ0) is 44.0. The molecule has 4 aromatic carbocycles. The third-order valence-electron chi connectivity index (χ3n) is 7.94. The van der Waals surface area contributed by atoms with Gasteiger partial charge >= 0.3 is 44.9 Å². The number of rotatable bonds is 8. The average molecular weight is 893 g/mol. The lowest BCUT2D eigenvalue weighted by Gasteiger charge is -2.17. The van der Waals surface area contributed by atoms with Gasteiger partial charge in [0.2, 0.25) is 0 Å². The fraction of sp³-hybridized carbons (Fsp3) is 0.125. The van der Waals surface area contributed by atoms with E-state index in [4.69, 9.17) is 4.74 Å². The summed E-state index contributed by atoms with van der Waals surface area (Å²) in [6.45, 7) is 0. The number of hydrogen-bond donors (Lipinski definition) is 0. The summed E-state index contributed by atoms with van der Waals surface area (Å²) in [5.74, 6) is -8.44. The molecule has 0 bridgehead atoms. The van der Waals surface area contributed by atoms with Crippen molar-refractivity contribution < 1.29 is 102 Å². The number of imide groups is 2. The molecule has 0 spiro atoms. The summed E-state index contributed by atoms with van der Waals surface area (Å²) in [6, 6.07) is 3.41. The predicted octanol–water partition coefficient (Wildman–Crippen LogP) is 7.39. The number of fused-ring (bicyclic) bond motifs is 2. The van der Waals surface area contributed by atoms with E-state index in [1.165, 1.54) is 0 Å². The van der Waals surface area contributed by atoms with E-state index in [0.29, 0.717) is 0 Å². The number of alkyl halides is 12. The van der Waals surface area contributed by atoms with Crippen LogP contribution in [0.3, 0.4) is 0 Å². The van der Waals surface area contributed by atoms with Crippen LogP contribution in [0.2, 0.25) is 0 Å². The molecule has 0 aromatic heterocycles. The molecule has 0 saturated carbocycles. The summed E-state index contributed by atoms with van der Waals surface area (Å²) < 4.78 is 226. The second-order valence-electron chi connectivity index (χ2n) is 11.8. The lowest BCUT2D eigenvalue weighted by Crippen LogP contribution is -2.33. The number of nitrogens with zero attached hydrogens (tertiary/aromatic N) is 2. The van der Waals surface area contributed by atoms with Gasteiger partial charge in [-0.1, -0.05) is 12.1 Å². The van der Waals surface area contributed by atoms with Gasteiger partial charge in [-0.05, 0) is 60.7 Å². The van der Waals surface area contributed by atoms with Gasteiger partial charge in [-0.25, -0.2) is 0 Å². The van der Waals surface area contributed by atoms with Crippen LogP contribution < -0.4 is 4.74 Å². The number of amides is 4. The molecular weight excluding hydrogens is 880 g/mol. The highest BCUT2D eigenvalue weighted by Crippen LogP contribution is 2.42. The van der Waals surface area contributed by atoms with Crippen molar-refractivity contribution in [2.75, 3.05) is 0 Å². The van der Waals surface area contributed by atoms with E-state index in [9.17, 15) is 88.7 Å². The molecule has 59 heavy (non-hydrogen) atoms. The van der Waals surface area contributed by atoms with Crippen LogP contribution in [0, 0.1) is 0 Å². The van der Waals surface area contributed by atoms with Crippen LogP contribution in [-0.2, 0) is 53.5 Å². The number of benzene rings is 4. The molecule has 312 valence electrons. The zero-order valence-corrected chi connectivity index (χ0v) is 29.3. The Morgan fingerprint density at radius 3 is 0.983 bits per heavy atom. The van der Waals surface area contributed by atoms with Gasteiger partial charge in [0.1, 0.15) is 11.5 Å². The maximum Gasteiger partial charge on any atom is 0.416 e. The number of carbonyl (C=O) groups is 4. The molecule has 2 aliphatic rings. The highest BCUT2D eigenvalue weighted by Gasteiger charge is 2.47. The van der Waals surface area contributed by atoms with Crippen molar-refractivity contribution in [2.45, 2.75) is 34.5 Å². The first-order chi connectivity index (χ1) is 26.9. The first kappa shape index (κ1) is 42.5. The molecule has 0 fully saturated rings. The Morgan fingerprint density at radius 2 is 0.712 bits per heavy atom. The lowest BCUT2D eigenvalue weighted by molar-refractivity contribution is -0.145. The minimum Gasteiger partial charge on any atom is -0.456 e. The summed E-state index contributed by atoms with van der Waals surface area (Å²) in [5, 5.41) is -1.13. The normalized spacial score (nSPS) is 15.3. The Labute approximate surface area is 319 Å². The van der Waals surface area contributed by atoms with Gasteiger partial charge in [0, 0.05) is 0 Å². The van der Waals surface area contributed by atoms with Gasteiger partial charge in [-0.3, -0.25) is 19.2 Å². The number of hydrogen-bond acceptors (Lipinski definition) is 11. The molecule has 0 aliphatic carbocycles. The van der Waals surface area contributed by atoms with Gasteiger partial charge in [0.15, 0.2) is 0 Å². The van der Waals surface area contributed by atoms with Crippen LogP contribution in [0.4, 0.5) is 52.7 Å². The van der Waals surface area contributed by atoms with E-state index < -0.39 is 157 Å². The minimum atomic E-state index is -5.87. The van der Waals surface area contributed by atoms with E-state index in [1.807, 2.05) is 0 Å². The molecule has 2 aliphatic heterocycles. The average Bonchev–Trinajstić information content (AvgIpc) is 3.50. The van der Waals surface area contributed by atoms with Crippen LogP contribution in [0.15, 0.2) is 82.6 Å². The van der Waals surface area contributed by atoms with Gasteiger partial charge in [0.05, 0.1) is 54.3 Å². The van der Waals surface area contributed by atoms with Crippen molar-refractivity contribution in [3.8, 4) is 11.5 Å². The van der Waals surface area contributed by atoms with Crippen LogP contribution in [0.1, 0.15) is 63.7 Å². The SMILES string of the molecule is O=C1c2cccc(Oc3cccc4c3C(=O)N(OS(=O)(=O)c3cc(C(F)(F)F)cc(C(F)(F)F)c3)C4=O)c2C(=O)N1OS(=O)(=O)c1cc(C(F)(F)F)cc(C(F)(F)F)c1. The van der Waals surface area contributed by atoms with E-state index in [2.05, 4.69) is 8.57 Å². The van der Waals surface area contributed by atoms with Crippen molar-refractivity contribution in [1.29, 1.82) is 0 Å². The number of ether oxygens (including phenoxy) is 1. The molecule has 27 heteroatoms. The van der Waals surface area contributed by atoms with E-state index >= 15 is 0 Å². The van der Waals surface area contributed by atoms with Crippen LogP contribution in [0.5, 0.6) is 11.5 Å². The molecular formula is C32H12F12N2O11S2. The molecule has 4 aromatic rings. The summed E-state index contributed by atoms with van der Waals surface area (Å²) in [4.78, 5) is 49.3. The highest BCUT2D eigenvalue weighted by atomic mass is 32.2. The quantitative estimate of drug-likeness (QED) is 0.128. The third kappa shape index (κ3) is 7.91. The van der Waals surface area contributed by atoms with E-state index in [-0.39, 0.29) is 24.3 Å². The van der Waals surface area contributed by atoms with Crippen molar-refractivity contribution in [2.24, 2.45) is 0 Å². The summed E-state index contributed by atoms with van der Waals surface area (Å²) in [6.07, 6.45) is -22.1. The highest BCUT2D eigenvalue weighted by molar-refractivity contribution is 7.87. The second kappa shape index (κ2) is 13.8. The molecule has 0 saturated heterocycles. The largest absolute Gasteiger partial charge is 0.456 e. The van der Waals surface area contributed by atoms with Gasteiger partial charge in [0.25, 0.3) is 23.6 Å². The monoisotopic (exact) mass is 892 g/mol. The molecule has 6 rings (SSSR count). The second-order valence-corrected chi connectivity index (χ2v) is 14.9. The summed E-state index contributed by atoms with van der Waals surface area (Å²) in [7, 11) is -11.7. The number of halogens is 12. The zero-order valence-electron chi connectivity index (χ0n) is 27.7. The number of hydroxylamine groups is 4. The maximum atomic E-state index is 13.4. The minimum absolute atomic E-state index is 0.275. The molecule has 0 N–H and O–H groups in total. The predicted molar refractivity (Wildman–Crippen MR) is 163 cm³/mol. The van der Waals surface area contributed by atoms with E-state index in [0.717, 1.165) is 36.4 Å². The smallest absolute Gasteiger partial charge is 0.416 e. The van der Waals surface area contributed by atoms with E-state index in [1.54, 1.807) is 0 Å².